The van der Waals surface area contributed by atoms with Crippen molar-refractivity contribution in [2.24, 2.45) is 5.92 Å². The second kappa shape index (κ2) is 2.45. The normalized spacial score (nSPS) is 36.6. The van der Waals surface area contributed by atoms with Crippen LogP contribution in [0.25, 0.3) is 0 Å². The third-order valence-corrected chi connectivity index (χ3v) is 5.07. The van der Waals surface area contributed by atoms with Gasteiger partial charge in [-0.2, -0.15) is 0 Å². The summed E-state index contributed by atoms with van der Waals surface area (Å²) < 4.78 is 22.4. The first kappa shape index (κ1) is 8.51. The fourth-order valence-electron chi connectivity index (χ4n) is 2.23. The van der Waals surface area contributed by atoms with E-state index in [2.05, 4.69) is 5.32 Å². The van der Waals surface area contributed by atoms with E-state index in [1.54, 1.807) is 0 Å². The number of hydrogen-bond donors (Lipinski definition) is 1. The average Bonchev–Trinajstić information content (AvgIpc) is 2.72. The molecule has 1 aliphatic heterocycles. The second-order valence-corrected chi connectivity index (χ2v) is 6.23. The van der Waals surface area contributed by atoms with Crippen molar-refractivity contribution in [1.29, 1.82) is 0 Å². The van der Waals surface area contributed by atoms with Crippen LogP contribution in [0.15, 0.2) is 0 Å². The van der Waals surface area contributed by atoms with Gasteiger partial charge in [-0.25, -0.2) is 8.42 Å². The van der Waals surface area contributed by atoms with Gasteiger partial charge >= 0.3 is 0 Å². The molecular formula is C8H15NO2S. The molecule has 0 radical (unpaired) electrons. The summed E-state index contributed by atoms with van der Waals surface area (Å²) >= 11 is 0. The quantitative estimate of drug-likeness (QED) is 0.673. The molecule has 1 saturated carbocycles. The molecule has 4 heteroatoms. The molecule has 0 aromatic heterocycles. The topological polar surface area (TPSA) is 46.2 Å². The van der Waals surface area contributed by atoms with E-state index in [-0.39, 0.29) is 5.54 Å². The first-order valence-electron chi connectivity index (χ1n) is 4.47. The second-order valence-electron chi connectivity index (χ2n) is 4.01. The summed E-state index contributed by atoms with van der Waals surface area (Å²) in [5, 5.41) is 3.27. The van der Waals surface area contributed by atoms with Crippen molar-refractivity contribution in [1.82, 2.24) is 5.32 Å². The minimum absolute atomic E-state index is 0.198. The lowest BCUT2D eigenvalue weighted by molar-refractivity contribution is 0.386. The maximum absolute atomic E-state index is 11.2. The maximum Gasteiger partial charge on any atom is 0.150 e. The van der Waals surface area contributed by atoms with Crippen LogP contribution in [0.3, 0.4) is 0 Å². The molecule has 0 aromatic carbocycles. The zero-order chi connectivity index (χ0) is 8.82. The molecule has 1 unspecified atom stereocenters. The Morgan fingerprint density at radius 2 is 2.08 bits per heavy atom. The average molecular weight is 189 g/mol. The molecular weight excluding hydrogens is 174 g/mol. The van der Waals surface area contributed by atoms with Gasteiger partial charge in [0.15, 0.2) is 9.84 Å². The van der Waals surface area contributed by atoms with Crippen molar-refractivity contribution in [2.75, 3.05) is 18.6 Å². The Morgan fingerprint density at radius 3 is 2.42 bits per heavy atom. The lowest BCUT2D eigenvalue weighted by Gasteiger charge is -2.20. The van der Waals surface area contributed by atoms with Gasteiger partial charge < -0.3 is 5.32 Å². The van der Waals surface area contributed by atoms with Crippen molar-refractivity contribution in [3.63, 3.8) is 0 Å². The Hall–Kier alpha value is -0.0900. The summed E-state index contributed by atoms with van der Waals surface area (Å²) in [6, 6.07) is 0. The molecule has 0 aromatic rings. The maximum atomic E-state index is 11.2. The minimum Gasteiger partial charge on any atom is -0.314 e. The minimum atomic E-state index is -2.69. The molecule has 0 spiro atoms. The molecule has 1 heterocycles. The molecule has 1 saturated heterocycles. The first-order valence-corrected chi connectivity index (χ1v) is 6.29. The molecule has 3 nitrogen and oxygen atoms in total. The van der Waals surface area contributed by atoms with Crippen LogP contribution in [0.5, 0.6) is 0 Å². The Labute approximate surface area is 73.5 Å². The first-order chi connectivity index (χ1) is 5.58. The summed E-state index contributed by atoms with van der Waals surface area (Å²) in [5.74, 6) is 1.20. The fourth-order valence-corrected chi connectivity index (χ4v) is 4.14. The van der Waals surface area contributed by atoms with Gasteiger partial charge in [0.2, 0.25) is 0 Å². The van der Waals surface area contributed by atoms with E-state index >= 15 is 0 Å². The molecule has 70 valence electrons. The molecule has 2 aliphatic rings. The van der Waals surface area contributed by atoms with Crippen molar-refractivity contribution in [3.8, 4) is 0 Å². The van der Waals surface area contributed by atoms with E-state index in [0.29, 0.717) is 17.4 Å². The number of nitrogens with one attached hydrogen (secondary N) is 1. The van der Waals surface area contributed by atoms with E-state index in [4.69, 9.17) is 0 Å². The summed E-state index contributed by atoms with van der Waals surface area (Å²) in [5.41, 5.74) is 0.198. The van der Waals surface area contributed by atoms with Crippen LogP contribution < -0.4 is 5.32 Å². The van der Waals surface area contributed by atoms with Gasteiger partial charge in [0.1, 0.15) is 0 Å². The third-order valence-electron chi connectivity index (χ3n) is 3.30. The Balaban J connectivity index is 2.09. The molecule has 1 atom stereocenters. The van der Waals surface area contributed by atoms with Gasteiger partial charge in [-0.15, -0.1) is 0 Å². The smallest absolute Gasteiger partial charge is 0.150 e. The zero-order valence-electron chi connectivity index (χ0n) is 7.34. The van der Waals surface area contributed by atoms with Crippen molar-refractivity contribution in [3.05, 3.63) is 0 Å². The highest BCUT2D eigenvalue weighted by Gasteiger charge is 2.51. The highest BCUT2D eigenvalue weighted by Crippen LogP contribution is 2.46. The summed E-state index contributed by atoms with van der Waals surface area (Å²) in [6.45, 7) is 0. The van der Waals surface area contributed by atoms with Gasteiger partial charge in [0.25, 0.3) is 0 Å². The number of sulfone groups is 1. The van der Waals surface area contributed by atoms with Gasteiger partial charge in [-0.3, -0.25) is 0 Å². The van der Waals surface area contributed by atoms with E-state index < -0.39 is 9.84 Å². The van der Waals surface area contributed by atoms with E-state index in [9.17, 15) is 8.42 Å². The monoisotopic (exact) mass is 189 g/mol. The SMILES string of the molecule is CNC1(C2CCS(=O)(=O)C2)CC1. The molecule has 2 fully saturated rings. The van der Waals surface area contributed by atoms with Crippen LogP contribution in [0.1, 0.15) is 19.3 Å². The van der Waals surface area contributed by atoms with Gasteiger partial charge in [0, 0.05) is 5.54 Å². The highest BCUT2D eigenvalue weighted by atomic mass is 32.2. The predicted molar refractivity (Wildman–Crippen MR) is 47.8 cm³/mol. The van der Waals surface area contributed by atoms with E-state index in [0.717, 1.165) is 19.3 Å². The van der Waals surface area contributed by atoms with E-state index in [1.807, 2.05) is 7.05 Å². The van der Waals surface area contributed by atoms with Crippen LogP contribution in [0.2, 0.25) is 0 Å². The Morgan fingerprint density at radius 1 is 1.42 bits per heavy atom. The molecule has 0 bridgehead atoms. The summed E-state index contributed by atoms with van der Waals surface area (Å²) in [7, 11) is -0.746. The third kappa shape index (κ3) is 1.27. The summed E-state index contributed by atoms with van der Waals surface area (Å²) in [4.78, 5) is 0. The largest absolute Gasteiger partial charge is 0.314 e. The molecule has 2 rings (SSSR count). The molecule has 1 aliphatic carbocycles. The van der Waals surface area contributed by atoms with Crippen molar-refractivity contribution >= 4 is 9.84 Å². The van der Waals surface area contributed by atoms with Gasteiger partial charge in [-0.1, -0.05) is 0 Å². The number of rotatable bonds is 2. The van der Waals surface area contributed by atoms with Gasteiger partial charge in [0.05, 0.1) is 11.5 Å². The molecule has 0 amide bonds. The molecule has 1 N–H and O–H groups in total. The zero-order valence-corrected chi connectivity index (χ0v) is 8.15. The standard InChI is InChI=1S/C8H15NO2S/c1-9-8(3-4-8)7-2-5-12(10,11)6-7/h7,9H,2-6H2,1H3. The van der Waals surface area contributed by atoms with Crippen molar-refractivity contribution < 1.29 is 8.42 Å². The predicted octanol–water partition coefficient (Wildman–Crippen LogP) is 0.173. The summed E-state index contributed by atoms with van der Waals surface area (Å²) in [6.07, 6.45) is 3.18. The fraction of sp³-hybridized carbons (Fsp3) is 1.00. The van der Waals surface area contributed by atoms with Crippen LogP contribution in [0.4, 0.5) is 0 Å². The molecule has 12 heavy (non-hydrogen) atoms. The van der Waals surface area contributed by atoms with Crippen LogP contribution >= 0.6 is 0 Å². The Bertz CT molecular complexity index is 279. The van der Waals surface area contributed by atoms with Gasteiger partial charge in [-0.05, 0) is 32.2 Å². The van der Waals surface area contributed by atoms with E-state index in [1.165, 1.54) is 0 Å². The van der Waals surface area contributed by atoms with Crippen molar-refractivity contribution in [2.45, 2.75) is 24.8 Å². The van der Waals surface area contributed by atoms with Crippen LogP contribution in [0, 0.1) is 5.92 Å². The van der Waals surface area contributed by atoms with Crippen LogP contribution in [-0.2, 0) is 9.84 Å². The Kier molecular flexibility index (Phi) is 1.74. The van der Waals surface area contributed by atoms with Crippen LogP contribution in [-0.4, -0.2) is 32.5 Å². The lowest BCUT2D eigenvalue weighted by atomic mass is 9.97. The lowest BCUT2D eigenvalue weighted by Crippen LogP contribution is -2.36. The highest BCUT2D eigenvalue weighted by molar-refractivity contribution is 7.91. The number of hydrogen-bond acceptors (Lipinski definition) is 3.